The van der Waals surface area contributed by atoms with E-state index in [4.69, 9.17) is 22.2 Å². The molecule has 0 bridgehead atoms. The first-order valence-corrected chi connectivity index (χ1v) is 10.2. The largest absolute Gasteiger partial charge is 0.399 e. The number of nitrogens with zero attached hydrogens (tertiary/aromatic N) is 2. The van der Waals surface area contributed by atoms with Crippen LogP contribution in [0, 0.1) is 0 Å². The molecule has 3 unspecified atom stereocenters. The number of carbonyl (C=O) groups is 1. The summed E-state index contributed by atoms with van der Waals surface area (Å²) in [5, 5.41) is 0. The molecule has 0 aliphatic carbocycles. The highest BCUT2D eigenvalue weighted by Crippen LogP contribution is 2.45. The summed E-state index contributed by atoms with van der Waals surface area (Å²) >= 11 is 0. The Morgan fingerprint density at radius 1 is 1.03 bits per heavy atom. The van der Waals surface area contributed by atoms with Crippen LogP contribution in [0.2, 0.25) is 0 Å². The Morgan fingerprint density at radius 2 is 1.66 bits per heavy atom. The Labute approximate surface area is 171 Å². The summed E-state index contributed by atoms with van der Waals surface area (Å²) in [5.41, 5.74) is 21.7. The molecule has 2 aromatic carbocycles. The highest BCUT2D eigenvalue weighted by atomic mass is 16.2. The van der Waals surface area contributed by atoms with E-state index in [1.165, 1.54) is 0 Å². The van der Waals surface area contributed by atoms with Gasteiger partial charge in [0.15, 0.2) is 0 Å². The van der Waals surface area contributed by atoms with Gasteiger partial charge in [0, 0.05) is 35.4 Å². The second-order valence-corrected chi connectivity index (χ2v) is 8.36. The van der Waals surface area contributed by atoms with Crippen molar-refractivity contribution in [3.8, 4) is 0 Å². The molecule has 152 valence electrons. The van der Waals surface area contributed by atoms with Crippen molar-refractivity contribution in [1.82, 2.24) is 4.90 Å². The number of carbonyl (C=O) groups excluding carboxylic acids is 1. The predicted molar refractivity (Wildman–Crippen MR) is 117 cm³/mol. The van der Waals surface area contributed by atoms with Crippen LogP contribution in [-0.2, 0) is 10.3 Å². The van der Waals surface area contributed by atoms with Crippen molar-refractivity contribution >= 4 is 23.1 Å². The highest BCUT2D eigenvalue weighted by molar-refractivity contribution is 6.03. The maximum absolute atomic E-state index is 13.1. The van der Waals surface area contributed by atoms with Crippen LogP contribution in [0.15, 0.2) is 47.5 Å². The molecular formula is C23H29N5O. The molecule has 0 radical (unpaired) electrons. The highest BCUT2D eigenvalue weighted by Gasteiger charge is 2.42. The number of nitrogen functional groups attached to an aromatic ring is 2. The van der Waals surface area contributed by atoms with Crippen LogP contribution < -0.4 is 17.2 Å². The predicted octanol–water partition coefficient (Wildman–Crippen LogP) is 2.99. The van der Waals surface area contributed by atoms with Gasteiger partial charge < -0.3 is 22.1 Å². The topological polar surface area (TPSA) is 111 Å². The van der Waals surface area contributed by atoms with Crippen molar-refractivity contribution in [3.63, 3.8) is 0 Å². The monoisotopic (exact) mass is 391 g/mol. The van der Waals surface area contributed by atoms with Gasteiger partial charge in [0.05, 0.1) is 0 Å². The average molecular weight is 392 g/mol. The molecule has 1 saturated heterocycles. The first kappa shape index (κ1) is 19.3. The molecule has 1 fully saturated rings. The van der Waals surface area contributed by atoms with Crippen LogP contribution in [0.5, 0.6) is 0 Å². The van der Waals surface area contributed by atoms with Crippen molar-refractivity contribution in [2.75, 3.05) is 11.5 Å². The summed E-state index contributed by atoms with van der Waals surface area (Å²) in [6.07, 6.45) is 3.04. The molecule has 4 rings (SSSR count). The molecular weight excluding hydrogens is 362 g/mol. The van der Waals surface area contributed by atoms with Gasteiger partial charge in [-0.15, -0.1) is 0 Å². The van der Waals surface area contributed by atoms with Crippen molar-refractivity contribution in [1.29, 1.82) is 0 Å². The summed E-state index contributed by atoms with van der Waals surface area (Å²) in [7, 11) is 0. The Balaban J connectivity index is 1.73. The van der Waals surface area contributed by atoms with E-state index in [1.54, 1.807) is 0 Å². The summed E-state index contributed by atoms with van der Waals surface area (Å²) in [6.45, 7) is 4.25. The van der Waals surface area contributed by atoms with E-state index in [0.29, 0.717) is 30.1 Å². The number of amides is 1. The Hall–Kier alpha value is -3.02. The second kappa shape index (κ2) is 7.10. The van der Waals surface area contributed by atoms with Crippen LogP contribution in [0.25, 0.3) is 0 Å². The van der Waals surface area contributed by atoms with Crippen LogP contribution >= 0.6 is 0 Å². The van der Waals surface area contributed by atoms with Crippen LogP contribution in [-0.4, -0.2) is 28.7 Å². The molecule has 0 saturated carbocycles. The molecule has 2 aromatic rings. The molecule has 6 nitrogen and oxygen atoms in total. The number of fused-ring (bicyclic) bond motifs is 1. The standard InChI is InChI=1S/C23H29N5O/c1-14-3-4-15(2)28(14)21(29)11-12-23(16-5-7-17(24)8-6-16)20-13-18(25)9-10-19(20)22(26)27-23/h5-10,13-15H,3-4,11-12,24-25H2,1-2H3,(H2,26,27). The Morgan fingerprint density at radius 3 is 2.31 bits per heavy atom. The van der Waals surface area contributed by atoms with E-state index < -0.39 is 5.54 Å². The number of nitrogens with two attached hydrogens (primary N) is 3. The number of rotatable bonds is 4. The maximum atomic E-state index is 13.1. The third-order valence-corrected chi connectivity index (χ3v) is 6.41. The van der Waals surface area contributed by atoms with Gasteiger partial charge in [0.25, 0.3) is 0 Å². The van der Waals surface area contributed by atoms with Gasteiger partial charge >= 0.3 is 0 Å². The number of likely N-dealkylation sites (tertiary alicyclic amines) is 1. The van der Waals surface area contributed by atoms with Gasteiger partial charge in [-0.1, -0.05) is 12.1 Å². The quantitative estimate of drug-likeness (QED) is 0.696. The third kappa shape index (κ3) is 3.22. The lowest BCUT2D eigenvalue weighted by molar-refractivity contribution is -0.133. The zero-order valence-electron chi connectivity index (χ0n) is 17.1. The lowest BCUT2D eigenvalue weighted by Gasteiger charge is -2.31. The fourth-order valence-corrected chi connectivity index (χ4v) is 4.87. The molecule has 29 heavy (non-hydrogen) atoms. The zero-order valence-corrected chi connectivity index (χ0v) is 17.1. The van der Waals surface area contributed by atoms with Gasteiger partial charge in [-0.05, 0) is 74.6 Å². The molecule has 6 heteroatoms. The number of aliphatic imine (C=N–C) groups is 1. The van der Waals surface area contributed by atoms with Crippen molar-refractivity contribution in [2.24, 2.45) is 10.7 Å². The minimum absolute atomic E-state index is 0.170. The fraction of sp³-hybridized carbons (Fsp3) is 0.391. The number of anilines is 2. The molecule has 1 amide bonds. The molecule has 2 heterocycles. The second-order valence-electron chi connectivity index (χ2n) is 8.36. The Bertz CT molecular complexity index is 958. The van der Waals surface area contributed by atoms with E-state index in [0.717, 1.165) is 29.5 Å². The average Bonchev–Trinajstić information content (AvgIpc) is 3.17. The smallest absolute Gasteiger partial charge is 0.223 e. The van der Waals surface area contributed by atoms with E-state index in [2.05, 4.69) is 13.8 Å². The molecule has 0 spiro atoms. The molecule has 2 aliphatic rings. The summed E-state index contributed by atoms with van der Waals surface area (Å²) in [4.78, 5) is 20.0. The molecule has 3 atom stereocenters. The minimum Gasteiger partial charge on any atom is -0.399 e. The lowest BCUT2D eigenvalue weighted by Crippen LogP contribution is -2.39. The van der Waals surface area contributed by atoms with Gasteiger partial charge in [-0.25, -0.2) is 0 Å². The number of hydrogen-bond donors (Lipinski definition) is 3. The summed E-state index contributed by atoms with van der Waals surface area (Å²) in [5.74, 6) is 0.649. The zero-order chi connectivity index (χ0) is 20.8. The molecule has 2 aliphatic heterocycles. The fourth-order valence-electron chi connectivity index (χ4n) is 4.87. The number of amidine groups is 1. The van der Waals surface area contributed by atoms with Crippen LogP contribution in [0.1, 0.15) is 56.2 Å². The third-order valence-electron chi connectivity index (χ3n) is 6.41. The van der Waals surface area contributed by atoms with Crippen molar-refractivity contribution < 1.29 is 4.79 Å². The van der Waals surface area contributed by atoms with E-state index in [-0.39, 0.29) is 18.0 Å². The van der Waals surface area contributed by atoms with Crippen LogP contribution in [0.4, 0.5) is 11.4 Å². The lowest BCUT2D eigenvalue weighted by atomic mass is 9.79. The van der Waals surface area contributed by atoms with E-state index >= 15 is 0 Å². The van der Waals surface area contributed by atoms with Gasteiger partial charge in [-0.3, -0.25) is 9.79 Å². The van der Waals surface area contributed by atoms with E-state index in [1.807, 2.05) is 47.4 Å². The van der Waals surface area contributed by atoms with Gasteiger partial charge in [0.1, 0.15) is 11.4 Å². The first-order valence-electron chi connectivity index (χ1n) is 10.2. The van der Waals surface area contributed by atoms with Crippen LogP contribution in [0.3, 0.4) is 0 Å². The van der Waals surface area contributed by atoms with Gasteiger partial charge in [0.2, 0.25) is 5.91 Å². The van der Waals surface area contributed by atoms with Gasteiger partial charge in [-0.2, -0.15) is 0 Å². The normalized spacial score (nSPS) is 25.7. The first-order chi connectivity index (χ1) is 13.8. The van der Waals surface area contributed by atoms with Crippen molar-refractivity contribution in [2.45, 2.75) is 57.2 Å². The Kier molecular flexibility index (Phi) is 4.73. The summed E-state index contributed by atoms with van der Waals surface area (Å²) in [6, 6.07) is 13.9. The minimum atomic E-state index is -0.732. The number of hydrogen-bond acceptors (Lipinski definition) is 5. The maximum Gasteiger partial charge on any atom is 0.223 e. The SMILES string of the molecule is CC1CCC(C)N1C(=O)CCC1(c2ccc(N)cc2)N=C(N)c2ccc(N)cc21. The number of benzene rings is 2. The van der Waals surface area contributed by atoms with E-state index in [9.17, 15) is 4.79 Å². The molecule has 0 aromatic heterocycles. The molecule has 6 N–H and O–H groups in total. The van der Waals surface area contributed by atoms with Crippen molar-refractivity contribution in [3.05, 3.63) is 59.2 Å². The summed E-state index contributed by atoms with van der Waals surface area (Å²) < 4.78 is 0.